The molecule has 3 heterocycles. The van der Waals surface area contributed by atoms with Crippen LogP contribution >= 0.6 is 0 Å². The highest BCUT2D eigenvalue weighted by Crippen LogP contribution is 2.18. The summed E-state index contributed by atoms with van der Waals surface area (Å²) in [4.78, 5) is 57.1. The van der Waals surface area contributed by atoms with Gasteiger partial charge in [0.15, 0.2) is 5.65 Å². The van der Waals surface area contributed by atoms with Crippen LogP contribution < -0.4 is 16.0 Å². The van der Waals surface area contributed by atoms with Gasteiger partial charge in [0.2, 0.25) is 5.91 Å². The fourth-order valence-corrected chi connectivity index (χ4v) is 3.28. The van der Waals surface area contributed by atoms with Crippen molar-refractivity contribution in [1.82, 2.24) is 23.9 Å². The van der Waals surface area contributed by atoms with E-state index in [0.717, 1.165) is 4.57 Å². The number of methoxy groups -OCH3 is 1. The molecule has 1 aliphatic rings. The molecule has 0 saturated carbocycles. The fourth-order valence-electron chi connectivity index (χ4n) is 3.28. The predicted molar refractivity (Wildman–Crippen MR) is 103 cm³/mol. The van der Waals surface area contributed by atoms with Gasteiger partial charge >= 0.3 is 11.8 Å². The molecule has 1 aliphatic heterocycles. The summed E-state index contributed by atoms with van der Waals surface area (Å²) in [7, 11) is 2.90. The van der Waals surface area contributed by atoms with Crippen LogP contribution in [0.2, 0.25) is 0 Å². The van der Waals surface area contributed by atoms with Crippen LogP contribution in [-0.2, 0) is 23.1 Å². The normalized spacial score (nSPS) is 14.2. The summed E-state index contributed by atoms with van der Waals surface area (Å²) in [5.41, 5.74) is -1.08. The quantitative estimate of drug-likeness (QED) is 0.667. The Kier molecular flexibility index (Phi) is 5.85. The van der Waals surface area contributed by atoms with E-state index in [2.05, 4.69) is 4.98 Å². The highest BCUT2D eigenvalue weighted by atomic mass is 16.6. The second-order valence-electron chi connectivity index (χ2n) is 6.51. The minimum atomic E-state index is -0.637. The van der Waals surface area contributed by atoms with Crippen LogP contribution in [0.5, 0.6) is 5.75 Å². The first kappa shape index (κ1) is 20.4. The highest BCUT2D eigenvalue weighted by Gasteiger charge is 2.26. The smallest absolute Gasteiger partial charge is 0.409 e. The monoisotopic (exact) mass is 405 g/mol. The minimum absolute atomic E-state index is 0.136. The van der Waals surface area contributed by atoms with Gasteiger partial charge in [-0.05, 0) is 13.0 Å². The maximum absolute atomic E-state index is 12.9. The van der Waals surface area contributed by atoms with Crippen molar-refractivity contribution in [2.24, 2.45) is 7.05 Å². The molecule has 2 aromatic rings. The molecule has 0 radical (unpaired) electrons. The van der Waals surface area contributed by atoms with Crippen molar-refractivity contribution >= 4 is 23.0 Å². The predicted octanol–water partition coefficient (Wildman–Crippen LogP) is -0.595. The molecule has 0 aliphatic carbocycles. The Hall–Kier alpha value is -3.37. The van der Waals surface area contributed by atoms with Gasteiger partial charge < -0.3 is 19.3 Å². The van der Waals surface area contributed by atoms with Crippen LogP contribution in [-0.4, -0.2) is 75.8 Å². The molecule has 3 rings (SSSR count). The van der Waals surface area contributed by atoms with Crippen molar-refractivity contribution < 1.29 is 19.1 Å². The van der Waals surface area contributed by atoms with Gasteiger partial charge in [-0.3, -0.25) is 14.2 Å². The number of aromatic nitrogens is 3. The largest absolute Gasteiger partial charge is 0.496 e. The SMILES string of the molecule is CCOC(=O)N1CCN(C(=O)Cn2c(=O)c3c(OC)ccnc3n(C)c2=O)CC1. The van der Waals surface area contributed by atoms with E-state index in [1.165, 1.54) is 40.8 Å². The molecule has 0 spiro atoms. The van der Waals surface area contributed by atoms with E-state index < -0.39 is 23.9 Å². The zero-order valence-electron chi connectivity index (χ0n) is 16.6. The molecule has 0 bridgehead atoms. The standard InChI is InChI=1S/C18H23N5O6/c1-4-29-18(27)22-9-7-21(8-10-22)13(24)11-23-16(25)14-12(28-3)5-6-19-15(14)20(2)17(23)26/h5-6H,4,7-11H2,1-3H3. The molecule has 0 aromatic carbocycles. The number of aryl methyl sites for hydroxylation is 1. The summed E-state index contributed by atoms with van der Waals surface area (Å²) in [6, 6.07) is 1.52. The third-order valence-electron chi connectivity index (χ3n) is 4.86. The number of rotatable bonds is 4. The van der Waals surface area contributed by atoms with Crippen molar-refractivity contribution in [3.63, 3.8) is 0 Å². The number of nitrogens with zero attached hydrogens (tertiary/aromatic N) is 5. The highest BCUT2D eigenvalue weighted by molar-refractivity contribution is 5.82. The lowest BCUT2D eigenvalue weighted by Crippen LogP contribution is -2.52. The van der Waals surface area contributed by atoms with Crippen molar-refractivity contribution in [2.45, 2.75) is 13.5 Å². The van der Waals surface area contributed by atoms with Crippen LogP contribution in [0.1, 0.15) is 6.92 Å². The van der Waals surface area contributed by atoms with E-state index >= 15 is 0 Å². The molecule has 2 amide bonds. The Morgan fingerprint density at radius 1 is 1.14 bits per heavy atom. The van der Waals surface area contributed by atoms with Crippen LogP contribution in [0.25, 0.3) is 11.0 Å². The maximum Gasteiger partial charge on any atom is 0.409 e. The van der Waals surface area contributed by atoms with Crippen LogP contribution in [0.4, 0.5) is 4.79 Å². The lowest BCUT2D eigenvalue weighted by molar-refractivity contribution is -0.133. The topological polar surface area (TPSA) is 116 Å². The Morgan fingerprint density at radius 3 is 2.41 bits per heavy atom. The fraction of sp³-hybridized carbons (Fsp3) is 0.500. The minimum Gasteiger partial charge on any atom is -0.496 e. The van der Waals surface area contributed by atoms with Gasteiger partial charge in [-0.25, -0.2) is 19.1 Å². The number of hydrogen-bond donors (Lipinski definition) is 0. The van der Waals surface area contributed by atoms with Crippen molar-refractivity contribution in [2.75, 3.05) is 39.9 Å². The number of carbonyl (C=O) groups is 2. The number of carbonyl (C=O) groups excluding carboxylic acids is 2. The first-order valence-electron chi connectivity index (χ1n) is 9.21. The van der Waals surface area contributed by atoms with Gasteiger partial charge in [0, 0.05) is 39.4 Å². The van der Waals surface area contributed by atoms with Gasteiger partial charge in [0.25, 0.3) is 5.56 Å². The van der Waals surface area contributed by atoms with Crippen molar-refractivity contribution in [3.8, 4) is 5.75 Å². The molecule has 156 valence electrons. The lowest BCUT2D eigenvalue weighted by atomic mass is 10.3. The Morgan fingerprint density at radius 2 is 1.79 bits per heavy atom. The zero-order chi connectivity index (χ0) is 21.1. The molecule has 1 fully saturated rings. The first-order valence-corrected chi connectivity index (χ1v) is 9.21. The molecule has 29 heavy (non-hydrogen) atoms. The van der Waals surface area contributed by atoms with E-state index in [1.54, 1.807) is 6.92 Å². The van der Waals surface area contributed by atoms with E-state index in [0.29, 0.717) is 26.2 Å². The van der Waals surface area contributed by atoms with Crippen molar-refractivity contribution in [1.29, 1.82) is 0 Å². The third-order valence-corrected chi connectivity index (χ3v) is 4.86. The summed E-state index contributed by atoms with van der Waals surface area (Å²) >= 11 is 0. The summed E-state index contributed by atoms with van der Waals surface area (Å²) in [5, 5.41) is 0.136. The van der Waals surface area contributed by atoms with E-state index in [4.69, 9.17) is 9.47 Å². The second-order valence-corrected chi connectivity index (χ2v) is 6.51. The first-order chi connectivity index (χ1) is 13.9. The van der Waals surface area contributed by atoms with Gasteiger partial charge in [0.1, 0.15) is 17.7 Å². The number of piperazine rings is 1. The lowest BCUT2D eigenvalue weighted by Gasteiger charge is -2.34. The molecule has 0 N–H and O–H groups in total. The Bertz CT molecular complexity index is 1050. The number of pyridine rings is 1. The summed E-state index contributed by atoms with van der Waals surface area (Å²) in [6.45, 7) is 2.85. The summed E-state index contributed by atoms with van der Waals surface area (Å²) in [6.07, 6.45) is 1.03. The molecular weight excluding hydrogens is 382 g/mol. The number of fused-ring (bicyclic) bond motifs is 1. The molecular formula is C18H23N5O6. The second kappa shape index (κ2) is 8.33. The number of hydrogen-bond acceptors (Lipinski definition) is 7. The number of amides is 2. The maximum atomic E-state index is 12.9. The molecule has 0 atom stereocenters. The molecule has 1 saturated heterocycles. The average Bonchev–Trinajstić information content (AvgIpc) is 2.74. The van der Waals surface area contributed by atoms with Gasteiger partial charge in [-0.1, -0.05) is 0 Å². The van der Waals surface area contributed by atoms with E-state index in [9.17, 15) is 19.2 Å². The average molecular weight is 405 g/mol. The Labute approximate surface area is 166 Å². The number of ether oxygens (including phenoxy) is 2. The van der Waals surface area contributed by atoms with E-state index in [-0.39, 0.29) is 29.3 Å². The van der Waals surface area contributed by atoms with Crippen LogP contribution in [0.3, 0.4) is 0 Å². The zero-order valence-corrected chi connectivity index (χ0v) is 16.6. The molecule has 2 aromatic heterocycles. The van der Waals surface area contributed by atoms with Gasteiger partial charge in [0.05, 0.1) is 13.7 Å². The van der Waals surface area contributed by atoms with E-state index in [1.807, 2.05) is 0 Å². The van der Waals surface area contributed by atoms with Crippen LogP contribution in [0, 0.1) is 0 Å². The van der Waals surface area contributed by atoms with Gasteiger partial charge in [-0.2, -0.15) is 0 Å². The molecule has 11 nitrogen and oxygen atoms in total. The molecule has 11 heteroatoms. The van der Waals surface area contributed by atoms with Crippen LogP contribution in [0.15, 0.2) is 21.9 Å². The Balaban J connectivity index is 1.84. The molecule has 0 unspecified atom stereocenters. The third kappa shape index (κ3) is 3.80. The summed E-state index contributed by atoms with van der Waals surface area (Å²) in [5.74, 6) is -0.102. The van der Waals surface area contributed by atoms with Gasteiger partial charge in [-0.15, -0.1) is 0 Å². The van der Waals surface area contributed by atoms with Crippen molar-refractivity contribution in [3.05, 3.63) is 33.1 Å². The summed E-state index contributed by atoms with van der Waals surface area (Å²) < 4.78 is 12.3.